The van der Waals surface area contributed by atoms with E-state index < -0.39 is 0 Å². The number of hydrogen-bond acceptors (Lipinski definition) is 7. The number of hydrogen-bond donors (Lipinski definition) is 1. The number of benzene rings is 4. The normalized spacial score (nSPS) is 11.9. The molecule has 0 saturated heterocycles. The molecule has 0 aliphatic rings. The quantitative estimate of drug-likeness (QED) is 0.0267. The van der Waals surface area contributed by atoms with Crippen molar-refractivity contribution in [1.82, 2.24) is 0 Å². The van der Waals surface area contributed by atoms with Gasteiger partial charge < -0.3 is 5.11 Å². The van der Waals surface area contributed by atoms with Gasteiger partial charge in [0.2, 0.25) is 0 Å². The summed E-state index contributed by atoms with van der Waals surface area (Å²) in [4.78, 5) is 9.16. The summed E-state index contributed by atoms with van der Waals surface area (Å²) in [6, 6.07) is 16.1. The summed E-state index contributed by atoms with van der Waals surface area (Å²) in [6.45, 7) is 12.1. The van der Waals surface area contributed by atoms with Crippen LogP contribution in [0.5, 0.6) is 0 Å². The molecular formula is C67H110OS6. The molecule has 0 heterocycles. The minimum Gasteiger partial charge on any atom is -0.396 e. The van der Waals surface area contributed by atoms with Crippen LogP contribution < -0.4 is 0 Å². The van der Waals surface area contributed by atoms with E-state index in [0.29, 0.717) is 6.61 Å². The van der Waals surface area contributed by atoms with Crippen molar-refractivity contribution in [1.29, 1.82) is 0 Å². The third-order valence-corrected chi connectivity index (χ3v) is 22.2. The van der Waals surface area contributed by atoms with Gasteiger partial charge in [-0.05, 0) is 148 Å². The number of unbranched alkanes of at least 4 members (excludes halogenated alkanes) is 31. The molecule has 1 nitrogen and oxygen atoms in total. The molecule has 420 valence electrons. The number of rotatable bonds is 50. The van der Waals surface area contributed by atoms with Crippen molar-refractivity contribution in [2.75, 3.05) is 41.1 Å². The van der Waals surface area contributed by atoms with Gasteiger partial charge in [-0.3, -0.25) is 0 Å². The molecule has 0 radical (unpaired) electrons. The average Bonchev–Trinajstić information content (AvgIpc) is 3.41. The Labute approximate surface area is 483 Å². The lowest BCUT2D eigenvalue weighted by atomic mass is 9.94. The number of aliphatic hydroxyl groups excluding tert-OH is 1. The van der Waals surface area contributed by atoms with Crippen LogP contribution in [0.3, 0.4) is 0 Å². The lowest BCUT2D eigenvalue weighted by molar-refractivity contribution is 0.282. The SMILES string of the molecule is CCCCCCSc1cc2c3cc(SCCCCCC)c(SCCCCCC)cc3c3cc(SCCCCCCCCCCCCCCCCCCCO)c(SCCCCCC)cc3c2cc1SCCCCCC. The molecule has 1 N–H and O–H groups in total. The summed E-state index contributed by atoms with van der Waals surface area (Å²) < 4.78 is 0. The van der Waals surface area contributed by atoms with Crippen LogP contribution in [0.4, 0.5) is 0 Å². The lowest BCUT2D eigenvalue weighted by Gasteiger charge is -2.20. The monoisotopic (exact) mass is 1120 g/mol. The summed E-state index contributed by atoms with van der Waals surface area (Å²) in [5.74, 6) is 7.30. The van der Waals surface area contributed by atoms with Crippen LogP contribution in [0.2, 0.25) is 0 Å². The third kappa shape index (κ3) is 26.8. The van der Waals surface area contributed by atoms with Crippen LogP contribution in [0, 0.1) is 0 Å². The van der Waals surface area contributed by atoms with Gasteiger partial charge in [0, 0.05) is 36.0 Å². The van der Waals surface area contributed by atoms with Crippen LogP contribution in [-0.2, 0) is 0 Å². The fourth-order valence-corrected chi connectivity index (χ4v) is 17.2. The first kappa shape index (κ1) is 66.2. The van der Waals surface area contributed by atoms with Crippen molar-refractivity contribution in [2.24, 2.45) is 0 Å². The zero-order valence-corrected chi connectivity index (χ0v) is 53.4. The van der Waals surface area contributed by atoms with Crippen LogP contribution >= 0.6 is 70.6 Å². The number of fused-ring (bicyclic) bond motifs is 6. The minimum atomic E-state index is 0.361. The van der Waals surface area contributed by atoms with Crippen LogP contribution in [-0.4, -0.2) is 46.2 Å². The summed E-state index contributed by atoms with van der Waals surface area (Å²) in [7, 11) is 0. The van der Waals surface area contributed by atoms with Gasteiger partial charge >= 0.3 is 0 Å². The predicted octanol–water partition coefficient (Wildman–Crippen LogP) is 25.2. The fourth-order valence-electron chi connectivity index (χ4n) is 10.3. The average molecular weight is 1120 g/mol. The van der Waals surface area contributed by atoms with Crippen molar-refractivity contribution >= 4 is 103 Å². The molecule has 0 fully saturated rings. The Hall–Kier alpha value is -0.280. The van der Waals surface area contributed by atoms with Crippen molar-refractivity contribution in [2.45, 2.75) is 302 Å². The standard InChI is InChI=1S/C67H110OS6/c1-6-11-16-37-44-69-62-50-56-57-51-63(70-45-38-17-12-7-2)65(72-47-40-19-14-9-4)53-59(57)61-55-67(74-49-42-35-33-31-29-27-25-23-21-22-24-26-28-30-32-34-36-43-68)66(73-48-41-20-15-10-5)54-60(61)58(56)52-64(62)71-46-39-18-13-8-3/h50-55,68H,6-49H2,1-5H3. The molecule has 0 aliphatic heterocycles. The Balaban J connectivity index is 1.64. The lowest BCUT2D eigenvalue weighted by Crippen LogP contribution is -1.94. The molecule has 0 amide bonds. The summed E-state index contributed by atoms with van der Waals surface area (Å²) in [6.07, 6.45) is 49.6. The maximum absolute atomic E-state index is 8.97. The van der Waals surface area contributed by atoms with Crippen molar-refractivity contribution in [3.05, 3.63) is 36.4 Å². The van der Waals surface area contributed by atoms with E-state index in [2.05, 4.69) is 142 Å². The van der Waals surface area contributed by atoms with Gasteiger partial charge in [-0.25, -0.2) is 0 Å². The Morgan fingerprint density at radius 3 is 0.527 bits per heavy atom. The zero-order valence-electron chi connectivity index (χ0n) is 48.5. The van der Waals surface area contributed by atoms with E-state index in [1.54, 1.807) is 0 Å². The van der Waals surface area contributed by atoms with E-state index in [1.807, 2.05) is 0 Å². The molecule has 4 rings (SSSR count). The largest absolute Gasteiger partial charge is 0.396 e. The van der Waals surface area contributed by atoms with E-state index >= 15 is 0 Å². The highest BCUT2D eigenvalue weighted by Gasteiger charge is 2.19. The topological polar surface area (TPSA) is 20.2 Å². The van der Waals surface area contributed by atoms with Crippen molar-refractivity contribution in [3.8, 4) is 0 Å². The summed E-state index contributed by atoms with van der Waals surface area (Å²) in [5.41, 5.74) is 0. The Kier molecular flexibility index (Phi) is 39.8. The van der Waals surface area contributed by atoms with Gasteiger partial charge in [0.25, 0.3) is 0 Å². The molecule has 0 aliphatic carbocycles. The number of aliphatic hydroxyl groups is 1. The molecular weight excluding hydrogens is 1010 g/mol. The molecule has 0 aromatic heterocycles. The van der Waals surface area contributed by atoms with Crippen LogP contribution in [0.25, 0.3) is 32.3 Å². The van der Waals surface area contributed by atoms with E-state index in [1.165, 1.54) is 327 Å². The molecule has 74 heavy (non-hydrogen) atoms. The van der Waals surface area contributed by atoms with Gasteiger partial charge in [0.05, 0.1) is 0 Å². The molecule has 0 unspecified atom stereocenters. The highest BCUT2D eigenvalue weighted by Crippen LogP contribution is 2.47. The third-order valence-electron chi connectivity index (χ3n) is 15.0. The molecule has 0 spiro atoms. The Bertz CT molecular complexity index is 1960. The fraction of sp³-hybridized carbons (Fsp3) is 0.731. The predicted molar refractivity (Wildman–Crippen MR) is 350 cm³/mol. The Morgan fingerprint density at radius 1 is 0.216 bits per heavy atom. The number of thioether (sulfide) groups is 6. The first-order valence-electron chi connectivity index (χ1n) is 31.5. The van der Waals surface area contributed by atoms with Gasteiger partial charge in [-0.15, -0.1) is 70.6 Å². The smallest absolute Gasteiger partial charge is 0.0431 e. The highest BCUT2D eigenvalue weighted by atomic mass is 32.2. The summed E-state index contributed by atoms with van der Waals surface area (Å²) in [5, 5.41) is 17.9. The van der Waals surface area contributed by atoms with E-state index in [-0.39, 0.29) is 0 Å². The van der Waals surface area contributed by atoms with Gasteiger partial charge in [-0.2, -0.15) is 0 Å². The van der Waals surface area contributed by atoms with Crippen molar-refractivity contribution in [3.63, 3.8) is 0 Å². The molecule has 0 saturated carbocycles. The minimum absolute atomic E-state index is 0.361. The Morgan fingerprint density at radius 2 is 0.365 bits per heavy atom. The van der Waals surface area contributed by atoms with E-state index in [9.17, 15) is 0 Å². The molecule has 4 aromatic rings. The van der Waals surface area contributed by atoms with Crippen LogP contribution in [0.1, 0.15) is 272 Å². The molecule has 7 heteroatoms. The first-order chi connectivity index (χ1) is 36.6. The second-order valence-electron chi connectivity index (χ2n) is 21.7. The first-order valence-corrected chi connectivity index (χ1v) is 37.4. The molecule has 0 atom stereocenters. The second-order valence-corrected chi connectivity index (χ2v) is 28.5. The van der Waals surface area contributed by atoms with E-state index in [0.717, 1.165) is 6.42 Å². The maximum Gasteiger partial charge on any atom is 0.0431 e. The van der Waals surface area contributed by atoms with Gasteiger partial charge in [0.15, 0.2) is 0 Å². The molecule has 0 bridgehead atoms. The zero-order chi connectivity index (χ0) is 52.5. The molecule has 4 aromatic carbocycles. The van der Waals surface area contributed by atoms with Crippen LogP contribution in [0.15, 0.2) is 65.8 Å². The van der Waals surface area contributed by atoms with Crippen molar-refractivity contribution < 1.29 is 5.11 Å². The van der Waals surface area contributed by atoms with E-state index in [4.69, 9.17) is 5.11 Å². The van der Waals surface area contributed by atoms with Gasteiger partial charge in [-0.1, -0.05) is 227 Å². The highest BCUT2D eigenvalue weighted by molar-refractivity contribution is 8.03. The maximum atomic E-state index is 8.97. The summed E-state index contributed by atoms with van der Waals surface area (Å²) >= 11 is 12.9. The van der Waals surface area contributed by atoms with Gasteiger partial charge in [0.1, 0.15) is 0 Å². The second kappa shape index (κ2) is 44.5.